The third kappa shape index (κ3) is 3.13. The minimum absolute atomic E-state index is 0.155. The molecule has 1 N–H and O–H groups in total. The summed E-state index contributed by atoms with van der Waals surface area (Å²) in [6, 6.07) is 20.2. The quantitative estimate of drug-likeness (QED) is 0.529. The number of aryl methyl sites for hydroxylation is 1. The molecule has 0 bridgehead atoms. The number of nitrogens with zero attached hydrogens (tertiary/aromatic N) is 3. The van der Waals surface area contributed by atoms with E-state index < -0.39 is 16.1 Å². The molecule has 2 atom stereocenters. The first-order valence-corrected chi connectivity index (χ1v) is 11.5. The molecule has 5 rings (SSSR count). The van der Waals surface area contributed by atoms with Crippen molar-refractivity contribution >= 4 is 32.6 Å². The van der Waals surface area contributed by atoms with Crippen molar-refractivity contribution in [2.24, 2.45) is 7.05 Å². The smallest absolute Gasteiger partial charge is 0.241 e. The van der Waals surface area contributed by atoms with E-state index in [9.17, 15) is 8.42 Å². The highest BCUT2D eigenvalue weighted by atomic mass is 32.2. The van der Waals surface area contributed by atoms with E-state index in [-0.39, 0.29) is 10.1 Å². The van der Waals surface area contributed by atoms with Crippen molar-refractivity contribution in [3.8, 4) is 0 Å². The lowest BCUT2D eigenvalue weighted by Crippen LogP contribution is -2.30. The van der Waals surface area contributed by atoms with E-state index in [1.165, 1.54) is 11.8 Å². The Morgan fingerprint density at radius 3 is 2.38 bits per heavy atom. The summed E-state index contributed by atoms with van der Waals surface area (Å²) in [6.45, 7) is 0. The molecule has 146 valence electrons. The van der Waals surface area contributed by atoms with Crippen LogP contribution >= 0.6 is 11.8 Å². The van der Waals surface area contributed by atoms with Crippen molar-refractivity contribution in [1.82, 2.24) is 19.5 Å². The van der Waals surface area contributed by atoms with Gasteiger partial charge >= 0.3 is 0 Å². The number of nitrogens with one attached hydrogen (secondary N) is 1. The van der Waals surface area contributed by atoms with Gasteiger partial charge in [0.2, 0.25) is 10.0 Å². The first kappa shape index (κ1) is 18.4. The van der Waals surface area contributed by atoms with E-state index in [2.05, 4.69) is 33.1 Å². The second kappa shape index (κ2) is 6.98. The van der Waals surface area contributed by atoms with Crippen LogP contribution in [-0.4, -0.2) is 23.2 Å². The van der Waals surface area contributed by atoms with Crippen LogP contribution in [0.5, 0.6) is 0 Å². The highest BCUT2D eigenvalue weighted by molar-refractivity contribution is 7.99. The zero-order chi connectivity index (χ0) is 20.0. The second-order valence-electron chi connectivity index (χ2n) is 6.97. The lowest BCUT2D eigenvalue weighted by molar-refractivity contribution is 0.557. The maximum atomic E-state index is 13.1. The predicted octanol–water partition coefficient (Wildman–Crippen LogP) is 3.83. The van der Waals surface area contributed by atoms with Crippen molar-refractivity contribution in [2.75, 3.05) is 0 Å². The highest BCUT2D eigenvalue weighted by Crippen LogP contribution is 2.52. The van der Waals surface area contributed by atoms with E-state index >= 15 is 0 Å². The van der Waals surface area contributed by atoms with E-state index in [1.807, 2.05) is 29.8 Å². The van der Waals surface area contributed by atoms with Crippen LogP contribution < -0.4 is 4.72 Å². The van der Waals surface area contributed by atoms with Gasteiger partial charge in [0.1, 0.15) is 6.33 Å². The highest BCUT2D eigenvalue weighted by Gasteiger charge is 2.38. The molecule has 1 aliphatic rings. The van der Waals surface area contributed by atoms with Gasteiger partial charge in [0, 0.05) is 7.05 Å². The van der Waals surface area contributed by atoms with Crippen LogP contribution in [0.1, 0.15) is 22.4 Å². The fourth-order valence-electron chi connectivity index (χ4n) is 3.82. The molecule has 0 aliphatic heterocycles. The van der Waals surface area contributed by atoms with Gasteiger partial charge < -0.3 is 4.57 Å². The van der Waals surface area contributed by atoms with Crippen LogP contribution in [0.2, 0.25) is 0 Å². The van der Waals surface area contributed by atoms with Crippen LogP contribution in [0, 0.1) is 0 Å². The van der Waals surface area contributed by atoms with Crippen LogP contribution in [0.25, 0.3) is 10.8 Å². The molecular formula is C21H18N4O2S2. The number of hydrogen-bond donors (Lipinski definition) is 1. The topological polar surface area (TPSA) is 76.9 Å². The lowest BCUT2D eigenvalue weighted by atomic mass is 10.1. The zero-order valence-corrected chi connectivity index (χ0v) is 17.2. The first-order chi connectivity index (χ1) is 14.0. The molecule has 1 aromatic heterocycles. The number of sulfonamides is 1. The Kier molecular flexibility index (Phi) is 4.42. The average Bonchev–Trinajstić information content (AvgIpc) is 3.27. The van der Waals surface area contributed by atoms with Gasteiger partial charge in [-0.3, -0.25) is 0 Å². The molecule has 1 heterocycles. The minimum Gasteiger partial charge on any atom is -0.312 e. The van der Waals surface area contributed by atoms with E-state index in [0.717, 1.165) is 27.1 Å². The van der Waals surface area contributed by atoms with E-state index in [1.54, 1.807) is 36.7 Å². The first-order valence-electron chi connectivity index (χ1n) is 9.14. The lowest BCUT2D eigenvalue weighted by Gasteiger charge is -2.22. The number of benzene rings is 3. The molecule has 6 nitrogen and oxygen atoms in total. The summed E-state index contributed by atoms with van der Waals surface area (Å²) in [5, 5.41) is 10.9. The summed E-state index contributed by atoms with van der Waals surface area (Å²) in [6.07, 6.45) is 1.65. The summed E-state index contributed by atoms with van der Waals surface area (Å²) in [5.41, 5.74) is 2.09. The van der Waals surface area contributed by atoms with Crippen molar-refractivity contribution in [3.05, 3.63) is 84.2 Å². The number of thioether (sulfide) groups is 1. The summed E-state index contributed by atoms with van der Waals surface area (Å²) in [4.78, 5) is 0.255. The van der Waals surface area contributed by atoms with Crippen LogP contribution in [0.15, 0.2) is 83.1 Å². The Morgan fingerprint density at radius 2 is 1.69 bits per heavy atom. The van der Waals surface area contributed by atoms with Gasteiger partial charge in [-0.25, -0.2) is 13.1 Å². The van der Waals surface area contributed by atoms with Crippen molar-refractivity contribution in [2.45, 2.75) is 21.3 Å². The third-order valence-electron chi connectivity index (χ3n) is 5.15. The Bertz CT molecular complexity index is 1300. The molecule has 0 fully saturated rings. The Balaban J connectivity index is 1.62. The van der Waals surface area contributed by atoms with Crippen LogP contribution in [0.4, 0.5) is 0 Å². The zero-order valence-electron chi connectivity index (χ0n) is 15.6. The minimum atomic E-state index is -3.69. The largest absolute Gasteiger partial charge is 0.312 e. The van der Waals surface area contributed by atoms with Gasteiger partial charge in [-0.2, -0.15) is 0 Å². The molecule has 1 aliphatic carbocycles. The molecule has 0 radical (unpaired) electrons. The molecule has 29 heavy (non-hydrogen) atoms. The Hall–Kier alpha value is -2.68. The standard InChI is InChI=1S/C21H18N4O2S2/c1-25-13-22-23-21(25)28-20-17-12-6-8-14-7-5-11-16(18(14)17)19(20)24-29(26,27)15-9-3-2-4-10-15/h2-13,19-20,24H,1H3/t19-,20+/m0/s1. The fraction of sp³-hybridized carbons (Fsp3) is 0.143. The van der Waals surface area contributed by atoms with E-state index in [0.29, 0.717) is 0 Å². The van der Waals surface area contributed by atoms with Crippen molar-refractivity contribution in [1.29, 1.82) is 0 Å². The molecule has 0 unspecified atom stereocenters. The average molecular weight is 423 g/mol. The van der Waals surface area contributed by atoms with Crippen molar-refractivity contribution < 1.29 is 8.42 Å². The third-order valence-corrected chi connectivity index (χ3v) is 7.97. The summed E-state index contributed by atoms with van der Waals surface area (Å²) >= 11 is 1.52. The van der Waals surface area contributed by atoms with Gasteiger partial charge in [-0.15, -0.1) is 10.2 Å². The summed E-state index contributed by atoms with van der Waals surface area (Å²) < 4.78 is 31.0. The molecule has 0 amide bonds. The Morgan fingerprint density at radius 1 is 0.966 bits per heavy atom. The van der Waals surface area contributed by atoms with Gasteiger partial charge in [0.25, 0.3) is 0 Å². The predicted molar refractivity (Wildman–Crippen MR) is 113 cm³/mol. The molecule has 8 heteroatoms. The SMILES string of the molecule is Cn1cnnc1S[C@@H]1c2cccc3cccc(c23)[C@@H]1NS(=O)(=O)c1ccccc1. The maximum absolute atomic E-state index is 13.1. The molecule has 0 saturated heterocycles. The molecule has 3 aromatic carbocycles. The second-order valence-corrected chi connectivity index (χ2v) is 9.79. The number of aromatic nitrogens is 3. The van der Waals surface area contributed by atoms with Gasteiger partial charge in [0.05, 0.1) is 16.2 Å². The van der Waals surface area contributed by atoms with E-state index in [4.69, 9.17) is 0 Å². The fourth-order valence-corrected chi connectivity index (χ4v) is 6.37. The summed E-state index contributed by atoms with van der Waals surface area (Å²) in [7, 11) is -1.80. The van der Waals surface area contributed by atoms with Gasteiger partial charge in [-0.05, 0) is 34.0 Å². The number of rotatable bonds is 5. The molecule has 0 saturated carbocycles. The Labute approximate surface area is 173 Å². The molecular weight excluding hydrogens is 404 g/mol. The number of hydrogen-bond acceptors (Lipinski definition) is 5. The molecule has 0 spiro atoms. The maximum Gasteiger partial charge on any atom is 0.241 e. The van der Waals surface area contributed by atoms with Crippen LogP contribution in [-0.2, 0) is 17.1 Å². The molecule has 4 aromatic rings. The van der Waals surface area contributed by atoms with Gasteiger partial charge in [0.15, 0.2) is 5.16 Å². The van der Waals surface area contributed by atoms with Crippen molar-refractivity contribution in [3.63, 3.8) is 0 Å². The summed E-state index contributed by atoms with van der Waals surface area (Å²) in [5.74, 6) is 0. The normalized spacial score (nSPS) is 18.4. The van der Waals surface area contributed by atoms with Crippen LogP contribution in [0.3, 0.4) is 0 Å². The monoisotopic (exact) mass is 422 g/mol. The van der Waals surface area contributed by atoms with Gasteiger partial charge in [-0.1, -0.05) is 66.4 Å².